The van der Waals surface area contributed by atoms with Crippen LogP contribution in [0, 0.1) is 6.92 Å². The van der Waals surface area contributed by atoms with Gasteiger partial charge in [-0.1, -0.05) is 53.7 Å². The fourth-order valence-corrected chi connectivity index (χ4v) is 4.78. The van der Waals surface area contributed by atoms with E-state index in [1.807, 2.05) is 36.6 Å². The third kappa shape index (κ3) is 5.00. The highest BCUT2D eigenvalue weighted by molar-refractivity contribution is 8.00. The van der Waals surface area contributed by atoms with Crippen LogP contribution in [0.25, 0.3) is 21.3 Å². The topological polar surface area (TPSA) is 64.1 Å². The first kappa shape index (κ1) is 21.2. The number of anilines is 1. The number of hydrogen-bond acceptors (Lipinski definition) is 6. The van der Waals surface area contributed by atoms with Gasteiger partial charge in [0, 0.05) is 10.9 Å². The molecule has 0 aliphatic carbocycles. The summed E-state index contributed by atoms with van der Waals surface area (Å²) in [6.07, 6.45) is 1.48. The maximum absolute atomic E-state index is 12.6. The summed E-state index contributed by atoms with van der Waals surface area (Å²) in [5.41, 5.74) is 3.43. The van der Waals surface area contributed by atoms with Gasteiger partial charge < -0.3 is 10.1 Å². The van der Waals surface area contributed by atoms with Crippen molar-refractivity contribution in [3.63, 3.8) is 0 Å². The van der Waals surface area contributed by atoms with Crippen molar-refractivity contribution in [3.05, 3.63) is 65.8 Å². The number of fused-ring (bicyclic) bond motifs is 1. The van der Waals surface area contributed by atoms with E-state index in [0.717, 1.165) is 21.3 Å². The van der Waals surface area contributed by atoms with Crippen LogP contribution in [0.2, 0.25) is 0 Å². The fourth-order valence-electron chi connectivity index (χ4n) is 2.99. The number of alkyl halides is 2. The summed E-state index contributed by atoms with van der Waals surface area (Å²) in [6, 6.07) is 14.3. The van der Waals surface area contributed by atoms with Crippen LogP contribution in [0.5, 0.6) is 5.75 Å². The zero-order chi connectivity index (χ0) is 21.8. The molecule has 2 aromatic heterocycles. The molecule has 0 aliphatic rings. The average Bonchev–Trinajstić information content (AvgIpc) is 3.19. The van der Waals surface area contributed by atoms with Gasteiger partial charge in [0.05, 0.1) is 16.8 Å². The quantitative estimate of drug-likeness (QED) is 0.272. The van der Waals surface area contributed by atoms with Gasteiger partial charge in [0.25, 0.3) is 0 Å². The van der Waals surface area contributed by atoms with E-state index in [1.165, 1.54) is 47.1 Å². The van der Waals surface area contributed by atoms with E-state index >= 15 is 0 Å². The number of thiophene rings is 1. The molecule has 0 spiro atoms. The summed E-state index contributed by atoms with van der Waals surface area (Å²) in [6.45, 7) is -0.941. The number of benzene rings is 2. The van der Waals surface area contributed by atoms with Gasteiger partial charge in [0.15, 0.2) is 0 Å². The first-order valence-corrected chi connectivity index (χ1v) is 11.1. The number of halogens is 2. The van der Waals surface area contributed by atoms with Gasteiger partial charge in [0.2, 0.25) is 5.91 Å². The zero-order valence-corrected chi connectivity index (χ0v) is 18.0. The Balaban J connectivity index is 1.53. The predicted molar refractivity (Wildman–Crippen MR) is 120 cm³/mol. The molecule has 0 atom stereocenters. The lowest BCUT2D eigenvalue weighted by Gasteiger charge is -2.11. The van der Waals surface area contributed by atoms with Gasteiger partial charge in [0.1, 0.15) is 21.9 Å². The number of carbonyl (C=O) groups excluding carboxylic acids is 1. The van der Waals surface area contributed by atoms with E-state index in [0.29, 0.717) is 5.03 Å². The molecule has 0 aliphatic heterocycles. The summed E-state index contributed by atoms with van der Waals surface area (Å²) >= 11 is 2.79. The number of hydrogen-bond donors (Lipinski definition) is 1. The first-order chi connectivity index (χ1) is 15.0. The molecule has 0 bridgehead atoms. The third-order valence-corrected chi connectivity index (χ3v) is 6.29. The highest BCUT2D eigenvalue weighted by Gasteiger charge is 2.16. The molecule has 0 fully saturated rings. The molecule has 158 valence electrons. The van der Waals surface area contributed by atoms with Crippen LogP contribution in [0.4, 0.5) is 14.5 Å². The number of aryl methyl sites for hydroxylation is 1. The number of para-hydroxylation sites is 2. The molecule has 0 radical (unpaired) electrons. The molecule has 0 unspecified atom stereocenters. The number of nitrogens with one attached hydrogen (secondary N) is 1. The normalized spacial score (nSPS) is 11.1. The van der Waals surface area contributed by atoms with Crippen LogP contribution in [0.1, 0.15) is 5.56 Å². The second kappa shape index (κ2) is 9.40. The van der Waals surface area contributed by atoms with Crippen molar-refractivity contribution in [2.45, 2.75) is 18.6 Å². The Bertz CT molecular complexity index is 1210. The Morgan fingerprint density at radius 1 is 1.16 bits per heavy atom. The molecule has 31 heavy (non-hydrogen) atoms. The summed E-state index contributed by atoms with van der Waals surface area (Å²) < 4.78 is 29.6. The molecular formula is C22H17F2N3O2S2. The molecular weight excluding hydrogens is 440 g/mol. The Morgan fingerprint density at radius 3 is 2.71 bits per heavy atom. The molecule has 1 N–H and O–H groups in total. The summed E-state index contributed by atoms with van der Waals surface area (Å²) in [5.74, 6) is -0.382. The van der Waals surface area contributed by atoms with Gasteiger partial charge in [-0.05, 0) is 24.6 Å². The number of rotatable bonds is 7. The first-order valence-electron chi connectivity index (χ1n) is 9.27. The fraction of sp³-hybridized carbons (Fsp3) is 0.136. The summed E-state index contributed by atoms with van der Waals surface area (Å²) in [7, 11) is 0. The number of aromatic nitrogens is 2. The lowest BCUT2D eigenvalue weighted by Crippen LogP contribution is -2.15. The molecule has 9 heteroatoms. The molecule has 2 aromatic carbocycles. The summed E-state index contributed by atoms with van der Waals surface area (Å²) in [5, 5.41) is 6.24. The van der Waals surface area contributed by atoms with E-state index in [2.05, 4.69) is 20.0 Å². The van der Waals surface area contributed by atoms with Crippen molar-refractivity contribution >= 4 is 44.9 Å². The zero-order valence-electron chi connectivity index (χ0n) is 16.3. The maximum Gasteiger partial charge on any atom is 0.387 e. The van der Waals surface area contributed by atoms with Crippen molar-refractivity contribution in [3.8, 4) is 16.9 Å². The van der Waals surface area contributed by atoms with Gasteiger partial charge in [-0.2, -0.15) is 8.78 Å². The minimum absolute atomic E-state index is 0.0539. The molecule has 5 nitrogen and oxygen atoms in total. The smallest absolute Gasteiger partial charge is 0.387 e. The summed E-state index contributed by atoms with van der Waals surface area (Å²) in [4.78, 5) is 22.0. The van der Waals surface area contributed by atoms with Gasteiger partial charge in [-0.3, -0.25) is 4.79 Å². The monoisotopic (exact) mass is 457 g/mol. The van der Waals surface area contributed by atoms with E-state index in [1.54, 1.807) is 12.1 Å². The Labute approximate surface area is 185 Å². The largest absolute Gasteiger partial charge is 0.433 e. The Morgan fingerprint density at radius 2 is 1.94 bits per heavy atom. The van der Waals surface area contributed by atoms with Crippen molar-refractivity contribution in [1.29, 1.82) is 0 Å². The Hall–Kier alpha value is -3.04. The lowest BCUT2D eigenvalue weighted by molar-refractivity contribution is -0.113. The van der Waals surface area contributed by atoms with E-state index < -0.39 is 6.61 Å². The molecule has 2 heterocycles. The number of amides is 1. The van der Waals surface area contributed by atoms with Crippen LogP contribution in [0.15, 0.2) is 65.3 Å². The van der Waals surface area contributed by atoms with Crippen molar-refractivity contribution in [2.75, 3.05) is 11.1 Å². The number of ether oxygens (including phenoxy) is 1. The number of thioether (sulfide) groups is 1. The molecule has 0 saturated heterocycles. The van der Waals surface area contributed by atoms with Crippen LogP contribution in [0.3, 0.4) is 0 Å². The van der Waals surface area contributed by atoms with Crippen molar-refractivity contribution in [2.24, 2.45) is 0 Å². The lowest BCUT2D eigenvalue weighted by atomic mass is 10.1. The SMILES string of the molecule is Cc1ccc(-c2csc3ncnc(SCC(=O)Nc4ccccc4OC(F)F)c23)cc1. The highest BCUT2D eigenvalue weighted by Crippen LogP contribution is 2.38. The molecule has 1 amide bonds. The van der Waals surface area contributed by atoms with E-state index in [-0.39, 0.29) is 23.1 Å². The van der Waals surface area contributed by atoms with Gasteiger partial charge in [-0.25, -0.2) is 9.97 Å². The molecule has 4 aromatic rings. The maximum atomic E-state index is 12.6. The number of carbonyl (C=O) groups is 1. The second-order valence-electron chi connectivity index (χ2n) is 6.59. The van der Waals surface area contributed by atoms with Crippen molar-refractivity contribution < 1.29 is 18.3 Å². The van der Waals surface area contributed by atoms with E-state index in [9.17, 15) is 13.6 Å². The van der Waals surface area contributed by atoms with Crippen LogP contribution in [-0.4, -0.2) is 28.2 Å². The predicted octanol–water partition coefficient (Wildman–Crippen LogP) is 6.00. The second-order valence-corrected chi connectivity index (χ2v) is 8.41. The average molecular weight is 458 g/mol. The van der Waals surface area contributed by atoms with E-state index in [4.69, 9.17) is 0 Å². The van der Waals surface area contributed by atoms with Crippen LogP contribution >= 0.6 is 23.1 Å². The standard InChI is InChI=1S/C22H17F2N3O2S2/c1-13-6-8-14(9-7-13)15-10-30-20-19(15)21(26-12-25-20)31-11-18(28)27-16-4-2-3-5-17(16)29-22(23)24/h2-10,12,22H,11H2,1H3,(H,27,28). The molecule has 4 rings (SSSR count). The Kier molecular flexibility index (Phi) is 6.43. The minimum Gasteiger partial charge on any atom is -0.433 e. The third-order valence-electron chi connectivity index (χ3n) is 4.42. The van der Waals surface area contributed by atoms with Crippen molar-refractivity contribution in [1.82, 2.24) is 9.97 Å². The number of nitrogens with zero attached hydrogens (tertiary/aromatic N) is 2. The van der Waals surface area contributed by atoms with Gasteiger partial charge >= 0.3 is 6.61 Å². The van der Waals surface area contributed by atoms with Gasteiger partial charge in [-0.15, -0.1) is 11.3 Å². The minimum atomic E-state index is -2.97. The molecule has 0 saturated carbocycles. The van der Waals surface area contributed by atoms with Crippen LogP contribution < -0.4 is 10.1 Å². The highest BCUT2D eigenvalue weighted by atomic mass is 32.2. The van der Waals surface area contributed by atoms with Crippen LogP contribution in [-0.2, 0) is 4.79 Å².